The van der Waals surface area contributed by atoms with Gasteiger partial charge in [-0.1, -0.05) is 65.3 Å². The van der Waals surface area contributed by atoms with Crippen LogP contribution in [-0.4, -0.2) is 22.3 Å². The van der Waals surface area contributed by atoms with E-state index in [-0.39, 0.29) is 10.7 Å². The molecule has 2 amide bonds. The van der Waals surface area contributed by atoms with E-state index in [2.05, 4.69) is 10.3 Å². The monoisotopic (exact) mass is 423 g/mol. The van der Waals surface area contributed by atoms with Gasteiger partial charge in [0.05, 0.1) is 5.70 Å². The van der Waals surface area contributed by atoms with Gasteiger partial charge in [-0.05, 0) is 24.6 Å². The van der Waals surface area contributed by atoms with Gasteiger partial charge >= 0.3 is 12.2 Å². The van der Waals surface area contributed by atoms with Crippen molar-refractivity contribution in [2.45, 2.75) is 18.8 Å². The number of nitrogens with zero attached hydrogens (tertiary/aromatic N) is 2. The van der Waals surface area contributed by atoms with Crippen LogP contribution in [0.15, 0.2) is 58.9 Å². The molecule has 0 radical (unpaired) electrons. The van der Waals surface area contributed by atoms with Crippen molar-refractivity contribution in [1.82, 2.24) is 10.2 Å². The summed E-state index contributed by atoms with van der Waals surface area (Å²) in [6.45, 7) is 1.77. The van der Waals surface area contributed by atoms with Crippen molar-refractivity contribution < 1.29 is 18.0 Å². The summed E-state index contributed by atoms with van der Waals surface area (Å²) in [5.41, 5.74) is -1.09. The summed E-state index contributed by atoms with van der Waals surface area (Å²) in [6.07, 6.45) is -4.82. The maximum Gasteiger partial charge on any atom is 0.436 e. The number of urea groups is 1. The number of aliphatic imine (C=N–C) groups is 1. The number of hydrogen-bond acceptors (Lipinski definition) is 3. The molecule has 4 nitrogen and oxygen atoms in total. The van der Waals surface area contributed by atoms with E-state index in [0.717, 1.165) is 22.2 Å². The lowest BCUT2D eigenvalue weighted by molar-refractivity contribution is -0.196. The summed E-state index contributed by atoms with van der Waals surface area (Å²) in [4.78, 5) is 17.9. The second-order valence-electron chi connectivity index (χ2n) is 6.36. The van der Waals surface area contributed by atoms with Crippen molar-refractivity contribution in [1.29, 1.82) is 0 Å². The summed E-state index contributed by atoms with van der Waals surface area (Å²) in [5.74, 6) is 0. The van der Waals surface area contributed by atoms with Gasteiger partial charge in [0.25, 0.3) is 5.66 Å². The first-order valence-corrected chi connectivity index (χ1v) is 9.46. The Balaban J connectivity index is 1.80. The summed E-state index contributed by atoms with van der Waals surface area (Å²) in [7, 11) is 0. The fraction of sp³-hybridized carbons (Fsp3) is 0.158. The molecule has 2 heterocycles. The van der Waals surface area contributed by atoms with E-state index < -0.39 is 17.9 Å². The lowest BCUT2D eigenvalue weighted by Gasteiger charge is -2.39. The Morgan fingerprint density at radius 3 is 2.36 bits per heavy atom. The largest absolute Gasteiger partial charge is 0.436 e. The van der Waals surface area contributed by atoms with Crippen LogP contribution in [0.25, 0.3) is 5.70 Å². The van der Waals surface area contributed by atoms with E-state index in [0.29, 0.717) is 16.3 Å². The molecule has 0 aromatic heterocycles. The number of alkyl halides is 3. The third-order valence-corrected chi connectivity index (χ3v) is 5.56. The van der Waals surface area contributed by atoms with Gasteiger partial charge in [0.15, 0.2) is 5.17 Å². The molecule has 2 aromatic rings. The van der Waals surface area contributed by atoms with Crippen molar-refractivity contribution in [2.24, 2.45) is 4.99 Å². The van der Waals surface area contributed by atoms with Crippen molar-refractivity contribution in [3.63, 3.8) is 0 Å². The van der Waals surface area contributed by atoms with Crippen molar-refractivity contribution >= 4 is 40.3 Å². The highest BCUT2D eigenvalue weighted by Crippen LogP contribution is 2.46. The minimum atomic E-state index is -4.82. The molecule has 28 heavy (non-hydrogen) atoms. The Morgan fingerprint density at radius 1 is 1.11 bits per heavy atom. The average Bonchev–Trinajstić information content (AvgIpc) is 3.06. The number of rotatable bonds is 2. The molecule has 0 aliphatic carbocycles. The van der Waals surface area contributed by atoms with E-state index in [1.165, 1.54) is 12.1 Å². The Bertz CT molecular complexity index is 1000. The first kappa shape index (κ1) is 18.9. The van der Waals surface area contributed by atoms with Crippen LogP contribution in [0.2, 0.25) is 5.02 Å². The third-order valence-electron chi connectivity index (χ3n) is 4.48. The fourth-order valence-corrected chi connectivity index (χ4v) is 4.08. The number of carbonyl (C=O) groups is 1. The lowest BCUT2D eigenvalue weighted by Crippen LogP contribution is -2.61. The minimum absolute atomic E-state index is 0.0356. The molecule has 1 atom stereocenters. The molecule has 0 bridgehead atoms. The van der Waals surface area contributed by atoms with Crippen LogP contribution in [0.1, 0.15) is 16.7 Å². The van der Waals surface area contributed by atoms with Gasteiger partial charge in [-0.2, -0.15) is 13.2 Å². The highest BCUT2D eigenvalue weighted by molar-refractivity contribution is 8.16. The molecule has 9 heteroatoms. The standard InChI is InChI=1S/C19H13ClF3N3OS/c1-11-2-6-13(7-3-11)18(19(21,22)23)24-16(27)26-15(10-28-17(26)25-18)12-4-8-14(20)9-5-12/h2-10H,1H3,(H,24,27). The number of amides is 2. The molecule has 0 saturated heterocycles. The van der Waals surface area contributed by atoms with Gasteiger partial charge < -0.3 is 5.32 Å². The van der Waals surface area contributed by atoms with Crippen LogP contribution in [0.4, 0.5) is 18.0 Å². The predicted octanol–water partition coefficient (Wildman–Crippen LogP) is 5.49. The second kappa shape index (κ2) is 6.56. The summed E-state index contributed by atoms with van der Waals surface area (Å²) in [5, 5.41) is 4.16. The molecule has 2 aromatic carbocycles. The Labute approximate surface area is 168 Å². The number of benzene rings is 2. The number of halogens is 4. The quantitative estimate of drug-likeness (QED) is 0.694. The number of fused-ring (bicyclic) bond motifs is 1. The molecular weight excluding hydrogens is 411 g/mol. The Kier molecular flexibility index (Phi) is 4.43. The summed E-state index contributed by atoms with van der Waals surface area (Å²) < 4.78 is 42.3. The van der Waals surface area contributed by atoms with Crippen LogP contribution in [0, 0.1) is 6.92 Å². The number of amidine groups is 1. The maximum absolute atomic E-state index is 14.1. The fourth-order valence-electron chi connectivity index (χ4n) is 3.02. The van der Waals surface area contributed by atoms with E-state index in [9.17, 15) is 18.0 Å². The van der Waals surface area contributed by atoms with Crippen LogP contribution in [0.5, 0.6) is 0 Å². The zero-order valence-electron chi connectivity index (χ0n) is 14.4. The molecule has 0 spiro atoms. The van der Waals surface area contributed by atoms with Gasteiger partial charge in [0, 0.05) is 16.0 Å². The van der Waals surface area contributed by atoms with Gasteiger partial charge in [0.2, 0.25) is 0 Å². The van der Waals surface area contributed by atoms with Crippen molar-refractivity contribution in [3.8, 4) is 0 Å². The van der Waals surface area contributed by atoms with Gasteiger partial charge in [-0.3, -0.25) is 0 Å². The molecule has 2 aliphatic heterocycles. The van der Waals surface area contributed by atoms with E-state index >= 15 is 0 Å². The van der Waals surface area contributed by atoms with E-state index in [1.807, 2.05) is 0 Å². The maximum atomic E-state index is 14.1. The normalized spacial score (nSPS) is 21.8. The third kappa shape index (κ3) is 2.97. The first-order valence-electron chi connectivity index (χ1n) is 8.20. The second-order valence-corrected chi connectivity index (χ2v) is 7.63. The predicted molar refractivity (Wildman–Crippen MR) is 104 cm³/mol. The smallest absolute Gasteiger partial charge is 0.301 e. The average molecular weight is 424 g/mol. The number of aryl methyl sites for hydroxylation is 1. The Morgan fingerprint density at radius 2 is 1.75 bits per heavy atom. The number of hydrogen-bond donors (Lipinski definition) is 1. The summed E-state index contributed by atoms with van der Waals surface area (Å²) >= 11 is 6.86. The molecular formula is C19H13ClF3N3OS. The molecule has 0 saturated carbocycles. The zero-order chi connectivity index (χ0) is 20.1. The molecule has 1 N–H and O–H groups in total. The van der Waals surface area contributed by atoms with E-state index in [4.69, 9.17) is 11.6 Å². The van der Waals surface area contributed by atoms with Gasteiger partial charge in [-0.15, -0.1) is 0 Å². The zero-order valence-corrected chi connectivity index (χ0v) is 16.0. The van der Waals surface area contributed by atoms with Crippen LogP contribution < -0.4 is 5.32 Å². The highest BCUT2D eigenvalue weighted by Gasteiger charge is 2.61. The first-order chi connectivity index (χ1) is 13.2. The lowest BCUT2D eigenvalue weighted by atomic mass is 9.97. The molecule has 4 rings (SSSR count). The Hall–Kier alpha value is -2.45. The van der Waals surface area contributed by atoms with Gasteiger partial charge in [0.1, 0.15) is 0 Å². The van der Waals surface area contributed by atoms with Gasteiger partial charge in [-0.25, -0.2) is 14.7 Å². The SMILES string of the molecule is Cc1ccc(C2(C(F)(F)F)N=C3SC=C(c4ccc(Cl)cc4)N3C(=O)N2)cc1. The molecule has 2 aliphatic rings. The minimum Gasteiger partial charge on any atom is -0.301 e. The number of thioether (sulfide) groups is 1. The van der Waals surface area contributed by atoms with Crippen molar-refractivity contribution in [2.75, 3.05) is 0 Å². The van der Waals surface area contributed by atoms with Crippen LogP contribution >= 0.6 is 23.4 Å². The van der Waals surface area contributed by atoms with Crippen molar-refractivity contribution in [3.05, 3.63) is 75.7 Å². The molecule has 0 fully saturated rings. The molecule has 1 unspecified atom stereocenters. The number of carbonyl (C=O) groups excluding carboxylic acids is 1. The van der Waals surface area contributed by atoms with Crippen LogP contribution in [0.3, 0.4) is 0 Å². The highest BCUT2D eigenvalue weighted by atomic mass is 35.5. The van der Waals surface area contributed by atoms with Crippen LogP contribution in [-0.2, 0) is 5.66 Å². The van der Waals surface area contributed by atoms with E-state index in [1.54, 1.807) is 48.7 Å². The number of nitrogens with one attached hydrogen (secondary N) is 1. The topological polar surface area (TPSA) is 44.7 Å². The molecule has 144 valence electrons. The summed E-state index contributed by atoms with van der Waals surface area (Å²) in [6, 6.07) is 11.5.